The summed E-state index contributed by atoms with van der Waals surface area (Å²) in [4.78, 5) is 13.2. The summed E-state index contributed by atoms with van der Waals surface area (Å²) in [6, 6.07) is 79.3. The van der Waals surface area contributed by atoms with Crippen molar-refractivity contribution in [2.45, 2.75) is 0 Å². The van der Waals surface area contributed by atoms with Crippen LogP contribution in [-0.4, -0.2) is 9.97 Å². The summed E-state index contributed by atoms with van der Waals surface area (Å²) in [5.41, 5.74) is 15.1. The van der Waals surface area contributed by atoms with Crippen molar-refractivity contribution >= 4 is 71.6 Å². The molecule has 0 aliphatic carbocycles. The van der Waals surface area contributed by atoms with Gasteiger partial charge in [-0.2, -0.15) is 0 Å². The van der Waals surface area contributed by atoms with Gasteiger partial charge in [0.15, 0.2) is 0 Å². The number of fused-ring (bicyclic) bond motifs is 8. The van der Waals surface area contributed by atoms with E-state index in [0.29, 0.717) is 0 Å². The molecule has 0 N–H and O–H groups in total. The zero-order valence-corrected chi connectivity index (χ0v) is 33.6. The van der Waals surface area contributed by atoms with Gasteiger partial charge in [-0.3, -0.25) is 0 Å². The Kier molecular flexibility index (Phi) is 8.46. The largest absolute Gasteiger partial charge is 0.456 e. The normalized spacial score (nSPS) is 11.5. The number of hydrogen-bond donors (Lipinski definition) is 0. The number of para-hydroxylation sites is 2. The fraction of sp³-hybridized carbons (Fsp3) is 0. The molecule has 4 heteroatoms. The molecule has 62 heavy (non-hydrogen) atoms. The summed E-state index contributed by atoms with van der Waals surface area (Å²) in [6.07, 6.45) is 0. The maximum Gasteiger partial charge on any atom is 0.135 e. The zero-order valence-electron chi connectivity index (χ0n) is 33.6. The zero-order chi connectivity index (χ0) is 41.0. The lowest BCUT2D eigenvalue weighted by atomic mass is 9.96. The number of furan rings is 1. The highest BCUT2D eigenvalue weighted by Crippen LogP contribution is 2.45. The molecule has 4 nitrogen and oxygen atoms in total. The van der Waals surface area contributed by atoms with Crippen LogP contribution < -0.4 is 4.90 Å². The molecule has 0 fully saturated rings. The van der Waals surface area contributed by atoms with Gasteiger partial charge in [-0.1, -0.05) is 170 Å². The molecule has 290 valence electrons. The Balaban J connectivity index is 1.08. The fourth-order valence-corrected chi connectivity index (χ4v) is 9.08. The van der Waals surface area contributed by atoms with Crippen molar-refractivity contribution in [1.82, 2.24) is 9.97 Å². The third-order valence-electron chi connectivity index (χ3n) is 12.0. The molecule has 0 bridgehead atoms. The number of rotatable bonds is 7. The van der Waals surface area contributed by atoms with E-state index < -0.39 is 0 Å². The van der Waals surface area contributed by atoms with E-state index in [9.17, 15) is 0 Å². The van der Waals surface area contributed by atoms with Crippen LogP contribution in [0.25, 0.3) is 99.3 Å². The van der Waals surface area contributed by atoms with E-state index in [2.05, 4.69) is 205 Å². The van der Waals surface area contributed by atoms with E-state index in [1.165, 1.54) is 11.1 Å². The standard InChI is InChI=1S/C58H37N3O/c1-4-15-38(16-5-1)42-21-14-22-43(35-42)47-23-10-12-25-52(47)61(46-31-34-54-50(37-46)49-24-11-13-26-53(49)62-54)45-30-32-48-44(36-45)28-27-39-29-33-51-58(55(39)48)60-57(41-19-8-3-9-20-41)56(59-51)40-17-6-2-7-18-40/h1-37H. The molecule has 0 aliphatic heterocycles. The average Bonchev–Trinajstić information content (AvgIpc) is 3.72. The molecule has 2 heterocycles. The first-order valence-electron chi connectivity index (χ1n) is 21.0. The molecule has 0 spiro atoms. The van der Waals surface area contributed by atoms with Crippen molar-refractivity contribution in [2.24, 2.45) is 0 Å². The fourth-order valence-electron chi connectivity index (χ4n) is 9.08. The lowest BCUT2D eigenvalue weighted by Gasteiger charge is -2.28. The predicted molar refractivity (Wildman–Crippen MR) is 258 cm³/mol. The predicted octanol–water partition coefficient (Wildman–Crippen LogP) is 16.0. The minimum absolute atomic E-state index is 0.863. The Bertz CT molecular complexity index is 3640. The second kappa shape index (κ2) is 14.7. The van der Waals surface area contributed by atoms with Crippen molar-refractivity contribution in [2.75, 3.05) is 4.90 Å². The van der Waals surface area contributed by atoms with Crippen LogP contribution in [0.4, 0.5) is 17.1 Å². The van der Waals surface area contributed by atoms with Gasteiger partial charge in [-0.15, -0.1) is 0 Å². The van der Waals surface area contributed by atoms with E-state index in [-0.39, 0.29) is 0 Å². The minimum Gasteiger partial charge on any atom is -0.456 e. The minimum atomic E-state index is 0.863. The van der Waals surface area contributed by atoms with Crippen molar-refractivity contribution in [1.29, 1.82) is 0 Å². The number of nitrogens with zero attached hydrogens (tertiary/aromatic N) is 3. The first-order chi connectivity index (χ1) is 30.7. The van der Waals surface area contributed by atoms with Gasteiger partial charge >= 0.3 is 0 Å². The van der Waals surface area contributed by atoms with Crippen LogP contribution >= 0.6 is 0 Å². The van der Waals surface area contributed by atoms with Crippen LogP contribution in [0.2, 0.25) is 0 Å². The first-order valence-corrected chi connectivity index (χ1v) is 21.0. The highest BCUT2D eigenvalue weighted by Gasteiger charge is 2.21. The molecule has 0 aliphatic rings. The molecule has 12 aromatic rings. The van der Waals surface area contributed by atoms with Gasteiger partial charge in [0.25, 0.3) is 0 Å². The van der Waals surface area contributed by atoms with Crippen LogP contribution in [0.5, 0.6) is 0 Å². The van der Waals surface area contributed by atoms with Gasteiger partial charge in [0.2, 0.25) is 0 Å². The van der Waals surface area contributed by atoms with Gasteiger partial charge in [-0.05, 0) is 87.4 Å². The van der Waals surface area contributed by atoms with Gasteiger partial charge in [0.1, 0.15) is 11.2 Å². The summed E-state index contributed by atoms with van der Waals surface area (Å²) in [7, 11) is 0. The number of anilines is 3. The molecular weight excluding hydrogens is 755 g/mol. The Labute approximate surface area is 358 Å². The molecular formula is C58H37N3O. The summed E-state index contributed by atoms with van der Waals surface area (Å²) < 4.78 is 6.32. The molecule has 0 saturated carbocycles. The van der Waals surface area contributed by atoms with E-state index in [4.69, 9.17) is 14.4 Å². The highest BCUT2D eigenvalue weighted by atomic mass is 16.3. The van der Waals surface area contributed by atoms with Crippen LogP contribution in [-0.2, 0) is 0 Å². The summed E-state index contributed by atoms with van der Waals surface area (Å²) in [5, 5.41) is 6.62. The average molecular weight is 792 g/mol. The molecule has 10 aromatic carbocycles. The molecule has 0 unspecified atom stereocenters. The SMILES string of the molecule is c1ccc(-c2cccc(-c3ccccc3N(c3ccc4c(ccc5ccc6nc(-c7ccccc7)c(-c7ccccc7)nc6c54)c3)c3ccc4oc5ccccc5c4c3)c2)cc1. The van der Waals surface area contributed by atoms with Crippen LogP contribution in [0.15, 0.2) is 229 Å². The second-order valence-electron chi connectivity index (χ2n) is 15.7. The van der Waals surface area contributed by atoms with Gasteiger partial charge in [0, 0.05) is 44.2 Å². The third-order valence-corrected chi connectivity index (χ3v) is 12.0. The Morgan fingerprint density at radius 2 is 0.952 bits per heavy atom. The maximum absolute atomic E-state index is 6.32. The molecule has 2 aromatic heterocycles. The lowest BCUT2D eigenvalue weighted by molar-refractivity contribution is 0.669. The first kappa shape index (κ1) is 35.6. The summed E-state index contributed by atoms with van der Waals surface area (Å²) >= 11 is 0. The number of aromatic nitrogens is 2. The molecule has 0 saturated heterocycles. The van der Waals surface area contributed by atoms with E-state index in [1.54, 1.807) is 0 Å². The topological polar surface area (TPSA) is 42.2 Å². The monoisotopic (exact) mass is 791 g/mol. The number of benzene rings is 10. The van der Waals surface area contributed by atoms with Crippen LogP contribution in [0.1, 0.15) is 0 Å². The highest BCUT2D eigenvalue weighted by molar-refractivity contribution is 6.19. The van der Waals surface area contributed by atoms with Gasteiger partial charge in [0.05, 0.1) is 28.1 Å². The van der Waals surface area contributed by atoms with Crippen molar-refractivity contribution in [3.63, 3.8) is 0 Å². The Hall–Kier alpha value is -8.34. The van der Waals surface area contributed by atoms with E-state index in [0.717, 1.165) is 105 Å². The number of hydrogen-bond acceptors (Lipinski definition) is 4. The quantitative estimate of drug-likeness (QED) is 0.151. The lowest BCUT2D eigenvalue weighted by Crippen LogP contribution is -2.11. The summed E-state index contributed by atoms with van der Waals surface area (Å²) in [6.45, 7) is 0. The molecule has 0 atom stereocenters. The Morgan fingerprint density at radius 3 is 1.76 bits per heavy atom. The van der Waals surface area contributed by atoms with Crippen molar-refractivity contribution < 1.29 is 4.42 Å². The van der Waals surface area contributed by atoms with Gasteiger partial charge < -0.3 is 9.32 Å². The molecule has 0 amide bonds. The smallest absolute Gasteiger partial charge is 0.135 e. The van der Waals surface area contributed by atoms with Crippen LogP contribution in [0.3, 0.4) is 0 Å². The van der Waals surface area contributed by atoms with E-state index in [1.807, 2.05) is 24.3 Å². The maximum atomic E-state index is 6.32. The molecule has 0 radical (unpaired) electrons. The van der Waals surface area contributed by atoms with Crippen LogP contribution in [0, 0.1) is 0 Å². The third kappa shape index (κ3) is 6.08. The Morgan fingerprint density at radius 1 is 0.355 bits per heavy atom. The summed E-state index contributed by atoms with van der Waals surface area (Å²) in [5.74, 6) is 0. The van der Waals surface area contributed by atoms with Crippen molar-refractivity contribution in [3.05, 3.63) is 224 Å². The van der Waals surface area contributed by atoms with E-state index >= 15 is 0 Å². The molecule has 12 rings (SSSR count). The van der Waals surface area contributed by atoms with Gasteiger partial charge in [-0.25, -0.2) is 9.97 Å². The van der Waals surface area contributed by atoms with Crippen molar-refractivity contribution in [3.8, 4) is 44.8 Å². The second-order valence-corrected chi connectivity index (χ2v) is 15.7.